The van der Waals surface area contributed by atoms with Crippen molar-refractivity contribution < 1.29 is 32.7 Å². The van der Waals surface area contributed by atoms with E-state index in [0.29, 0.717) is 6.54 Å². The van der Waals surface area contributed by atoms with E-state index in [2.05, 4.69) is 23.8 Å². The minimum atomic E-state index is -1.92. The average molecular weight is 509 g/mol. The Bertz CT molecular complexity index is 733. The molecular formula is C20H30ClN2O7PS. The molecule has 0 aliphatic carbocycles. The first-order chi connectivity index (χ1) is 15.1. The Hall–Kier alpha value is -1.42. The maximum absolute atomic E-state index is 12.6. The number of esters is 1. The van der Waals surface area contributed by atoms with Crippen LogP contribution in [0.2, 0.25) is 0 Å². The number of amides is 2. The second kappa shape index (κ2) is 14.7. The standard InChI is InChI=1S/C20H30ClN2O7PS/c1-6-15(11-14(2)21)19(26)27-13-29-31-28-12-20(3,4)17(30-31)18(25)23-8-7-16(24)22-9-10-32-5/h6,11,17H,1-2,7-10,12-13H2,3-5H3,(H,22,24)(H,23,25)/b15-11+. The van der Waals surface area contributed by atoms with Crippen LogP contribution in [0.15, 0.2) is 35.9 Å². The molecule has 12 heteroatoms. The van der Waals surface area contributed by atoms with Crippen LogP contribution in [0.3, 0.4) is 0 Å². The molecule has 1 aliphatic rings. The van der Waals surface area contributed by atoms with Gasteiger partial charge in [-0.3, -0.25) is 18.6 Å². The maximum atomic E-state index is 12.6. The normalized spacial score (nSPS) is 20.2. The number of nitrogens with one attached hydrogen (secondary N) is 2. The van der Waals surface area contributed by atoms with Crippen LogP contribution in [0.25, 0.3) is 0 Å². The second-order valence-electron chi connectivity index (χ2n) is 7.28. The summed E-state index contributed by atoms with van der Waals surface area (Å²) in [6.45, 7) is 11.1. The Balaban J connectivity index is 2.50. The predicted molar refractivity (Wildman–Crippen MR) is 126 cm³/mol. The van der Waals surface area contributed by atoms with Crippen molar-refractivity contribution in [2.75, 3.05) is 38.5 Å². The lowest BCUT2D eigenvalue weighted by Crippen LogP contribution is -2.49. The van der Waals surface area contributed by atoms with Crippen molar-refractivity contribution in [3.63, 3.8) is 0 Å². The molecule has 180 valence electrons. The highest BCUT2D eigenvalue weighted by atomic mass is 35.5. The van der Waals surface area contributed by atoms with E-state index < -0.39 is 32.9 Å². The van der Waals surface area contributed by atoms with Gasteiger partial charge >= 0.3 is 14.6 Å². The van der Waals surface area contributed by atoms with E-state index in [-0.39, 0.29) is 42.0 Å². The molecule has 32 heavy (non-hydrogen) atoms. The van der Waals surface area contributed by atoms with Crippen molar-refractivity contribution in [2.24, 2.45) is 5.41 Å². The fourth-order valence-electron chi connectivity index (χ4n) is 2.37. The molecule has 2 N–H and O–H groups in total. The molecule has 0 aromatic heterocycles. The third-order valence-corrected chi connectivity index (χ3v) is 5.84. The highest BCUT2D eigenvalue weighted by Gasteiger charge is 2.44. The quantitative estimate of drug-likeness (QED) is 0.0975. The Morgan fingerprint density at radius 3 is 2.66 bits per heavy atom. The van der Waals surface area contributed by atoms with Crippen LogP contribution in [0.4, 0.5) is 0 Å². The van der Waals surface area contributed by atoms with Gasteiger partial charge in [-0.15, -0.1) is 0 Å². The van der Waals surface area contributed by atoms with Gasteiger partial charge in [0.15, 0.2) is 6.10 Å². The number of hydrogen-bond donors (Lipinski definition) is 2. The summed E-state index contributed by atoms with van der Waals surface area (Å²) >= 11 is 7.29. The van der Waals surface area contributed by atoms with Gasteiger partial charge in [-0.1, -0.05) is 44.7 Å². The molecule has 1 aliphatic heterocycles. The molecule has 2 unspecified atom stereocenters. The third-order valence-electron chi connectivity index (χ3n) is 4.08. The highest BCUT2D eigenvalue weighted by molar-refractivity contribution is 7.98. The van der Waals surface area contributed by atoms with Crippen LogP contribution < -0.4 is 10.6 Å². The minimum absolute atomic E-state index is 0.114. The molecule has 1 rings (SSSR count). The summed E-state index contributed by atoms with van der Waals surface area (Å²) in [5.41, 5.74) is -0.508. The zero-order valence-corrected chi connectivity index (χ0v) is 20.9. The van der Waals surface area contributed by atoms with Crippen molar-refractivity contribution >= 4 is 49.7 Å². The van der Waals surface area contributed by atoms with Crippen molar-refractivity contribution in [3.05, 3.63) is 35.9 Å². The molecule has 0 aromatic rings. The van der Waals surface area contributed by atoms with E-state index in [4.69, 9.17) is 29.9 Å². The molecule has 0 bridgehead atoms. The van der Waals surface area contributed by atoms with E-state index >= 15 is 0 Å². The topological polar surface area (TPSA) is 112 Å². The molecule has 0 saturated carbocycles. The summed E-state index contributed by atoms with van der Waals surface area (Å²) in [5.74, 6) is -0.390. The lowest BCUT2D eigenvalue weighted by Gasteiger charge is -2.39. The highest BCUT2D eigenvalue weighted by Crippen LogP contribution is 2.50. The smallest absolute Gasteiger partial charge is 0.340 e. The first-order valence-corrected chi connectivity index (χ1v) is 12.6. The van der Waals surface area contributed by atoms with Gasteiger partial charge in [0.25, 0.3) is 0 Å². The first kappa shape index (κ1) is 28.6. The van der Waals surface area contributed by atoms with Gasteiger partial charge in [-0.25, -0.2) is 4.79 Å². The molecule has 0 spiro atoms. The molecule has 1 heterocycles. The first-order valence-electron chi connectivity index (χ1n) is 9.72. The summed E-state index contributed by atoms with van der Waals surface area (Å²) < 4.78 is 21.5. The zero-order chi connectivity index (χ0) is 24.1. The zero-order valence-electron chi connectivity index (χ0n) is 18.5. The summed E-state index contributed by atoms with van der Waals surface area (Å²) in [5, 5.41) is 5.63. The van der Waals surface area contributed by atoms with E-state index in [9.17, 15) is 14.4 Å². The lowest BCUT2D eigenvalue weighted by atomic mass is 9.87. The van der Waals surface area contributed by atoms with Crippen molar-refractivity contribution in [1.82, 2.24) is 10.6 Å². The van der Waals surface area contributed by atoms with Crippen LogP contribution in [0.5, 0.6) is 0 Å². The van der Waals surface area contributed by atoms with Gasteiger partial charge in [-0.2, -0.15) is 11.8 Å². The molecule has 2 atom stereocenters. The maximum Gasteiger partial charge on any atom is 0.340 e. The van der Waals surface area contributed by atoms with Crippen LogP contribution in [0, 0.1) is 5.41 Å². The fraction of sp³-hybridized carbons (Fsp3) is 0.550. The SMILES string of the molecule is C=C/C(=C\C(=C)Cl)C(=O)OCOP1OCC(C)(C)C(C(=O)NCCC(=O)NCCSC)O1. The van der Waals surface area contributed by atoms with Crippen LogP contribution in [-0.4, -0.2) is 62.4 Å². The molecule has 9 nitrogen and oxygen atoms in total. The van der Waals surface area contributed by atoms with Crippen LogP contribution >= 0.6 is 32.0 Å². The van der Waals surface area contributed by atoms with E-state index in [1.807, 2.05) is 20.1 Å². The summed E-state index contributed by atoms with van der Waals surface area (Å²) in [6, 6.07) is 0. The fourth-order valence-corrected chi connectivity index (χ4v) is 4.12. The van der Waals surface area contributed by atoms with Gasteiger partial charge in [-0.05, 0) is 12.3 Å². The number of carbonyl (C=O) groups excluding carboxylic acids is 3. The Labute approximate surface area is 199 Å². The number of halogens is 1. The predicted octanol–water partition coefficient (Wildman–Crippen LogP) is 3.02. The number of hydrogen-bond acceptors (Lipinski definition) is 8. The summed E-state index contributed by atoms with van der Waals surface area (Å²) in [6.07, 6.45) is 3.85. The van der Waals surface area contributed by atoms with E-state index in [0.717, 1.165) is 5.75 Å². The van der Waals surface area contributed by atoms with Gasteiger partial charge in [0, 0.05) is 35.7 Å². The van der Waals surface area contributed by atoms with Crippen LogP contribution in [-0.2, 0) is 32.7 Å². The molecule has 2 amide bonds. The summed E-state index contributed by atoms with van der Waals surface area (Å²) in [7, 11) is -1.92. The largest absolute Gasteiger partial charge is 0.434 e. The van der Waals surface area contributed by atoms with Crippen molar-refractivity contribution in [3.8, 4) is 0 Å². The van der Waals surface area contributed by atoms with Gasteiger partial charge in [0.1, 0.15) is 0 Å². The number of ether oxygens (including phenoxy) is 1. The number of thioether (sulfide) groups is 1. The number of rotatable bonds is 13. The molecular weight excluding hydrogens is 479 g/mol. The Kier molecular flexibility index (Phi) is 13.1. The van der Waals surface area contributed by atoms with E-state index in [1.54, 1.807) is 11.8 Å². The van der Waals surface area contributed by atoms with Crippen molar-refractivity contribution in [2.45, 2.75) is 26.4 Å². The lowest BCUT2D eigenvalue weighted by molar-refractivity contribution is -0.149. The minimum Gasteiger partial charge on any atom is -0.434 e. The van der Waals surface area contributed by atoms with E-state index in [1.165, 1.54) is 12.2 Å². The van der Waals surface area contributed by atoms with Crippen molar-refractivity contribution in [1.29, 1.82) is 0 Å². The van der Waals surface area contributed by atoms with Gasteiger partial charge < -0.3 is 19.9 Å². The Morgan fingerprint density at radius 2 is 2.03 bits per heavy atom. The summed E-state index contributed by atoms with van der Waals surface area (Å²) in [4.78, 5) is 36.3. The second-order valence-corrected chi connectivity index (χ2v) is 9.93. The third kappa shape index (κ3) is 10.5. The van der Waals surface area contributed by atoms with Gasteiger partial charge in [0.05, 0.1) is 12.2 Å². The molecule has 0 radical (unpaired) electrons. The monoisotopic (exact) mass is 508 g/mol. The van der Waals surface area contributed by atoms with Gasteiger partial charge in [0.2, 0.25) is 18.6 Å². The molecule has 1 saturated heterocycles. The molecule has 1 fully saturated rings. The van der Waals surface area contributed by atoms with Crippen LogP contribution in [0.1, 0.15) is 20.3 Å². The molecule has 0 aromatic carbocycles. The number of carbonyl (C=O) groups is 3. The Morgan fingerprint density at radius 1 is 1.31 bits per heavy atom. The average Bonchev–Trinajstić information content (AvgIpc) is 2.72. The number of allylic oxidation sites excluding steroid dienone is 2.